The van der Waals surface area contributed by atoms with Crippen molar-refractivity contribution in [3.8, 4) is 5.75 Å². The van der Waals surface area contributed by atoms with Crippen LogP contribution in [0.1, 0.15) is 16.7 Å². The lowest BCUT2D eigenvalue weighted by Gasteiger charge is -2.15. The number of carbonyl (C=O) groups excluding carboxylic acids is 1. The molecule has 0 spiro atoms. The summed E-state index contributed by atoms with van der Waals surface area (Å²) in [7, 11) is 0.792. The number of benzene rings is 2. The molecule has 2 aromatic carbocycles. The molecule has 152 valence electrons. The second-order valence-electron chi connectivity index (χ2n) is 6.69. The maximum absolute atomic E-state index is 12.4. The summed E-state index contributed by atoms with van der Waals surface area (Å²) in [6, 6.07) is 10.7. The standard InChI is InChI=1S/C20H26N2O4S2/c1-14-8-15(2)10-16(9-14)12-27-13-20(23)21-18-11-17(6-7-19(18)26-5)28(24,25)22(3)4/h6-11H,12-13H2,1-5H3,(H,21,23). The van der Waals surface area contributed by atoms with Gasteiger partial charge in [-0.05, 0) is 37.6 Å². The van der Waals surface area contributed by atoms with Crippen LogP contribution in [0.2, 0.25) is 0 Å². The number of nitrogens with zero attached hydrogens (tertiary/aromatic N) is 1. The van der Waals surface area contributed by atoms with Gasteiger partial charge in [0.25, 0.3) is 0 Å². The number of carbonyl (C=O) groups is 1. The maximum atomic E-state index is 12.4. The lowest BCUT2D eigenvalue weighted by molar-refractivity contribution is -0.113. The summed E-state index contributed by atoms with van der Waals surface area (Å²) in [5, 5.41) is 2.75. The number of hydrogen-bond acceptors (Lipinski definition) is 5. The fourth-order valence-electron chi connectivity index (χ4n) is 2.76. The third-order valence-electron chi connectivity index (χ3n) is 4.01. The average Bonchev–Trinajstić information content (AvgIpc) is 2.60. The summed E-state index contributed by atoms with van der Waals surface area (Å²) in [6.07, 6.45) is 0. The largest absolute Gasteiger partial charge is 0.495 e. The molecule has 0 radical (unpaired) electrons. The van der Waals surface area contributed by atoms with Gasteiger partial charge in [-0.25, -0.2) is 12.7 Å². The minimum atomic E-state index is -3.60. The van der Waals surface area contributed by atoms with Crippen LogP contribution >= 0.6 is 11.8 Å². The summed E-state index contributed by atoms with van der Waals surface area (Å²) >= 11 is 1.50. The Bertz CT molecular complexity index is 936. The van der Waals surface area contributed by atoms with Gasteiger partial charge in [0.05, 0.1) is 23.4 Å². The molecule has 1 amide bonds. The van der Waals surface area contributed by atoms with E-state index in [1.165, 1.54) is 67.9 Å². The molecule has 0 heterocycles. The van der Waals surface area contributed by atoms with Crippen molar-refractivity contribution in [2.24, 2.45) is 0 Å². The molecular formula is C20H26N2O4S2. The molecule has 0 saturated carbocycles. The molecule has 0 fully saturated rings. The van der Waals surface area contributed by atoms with Gasteiger partial charge in [0.2, 0.25) is 15.9 Å². The molecule has 0 unspecified atom stereocenters. The van der Waals surface area contributed by atoms with E-state index < -0.39 is 10.0 Å². The van der Waals surface area contributed by atoms with Gasteiger partial charge in [0.15, 0.2) is 0 Å². The van der Waals surface area contributed by atoms with Crippen LogP contribution in [0.5, 0.6) is 5.75 Å². The van der Waals surface area contributed by atoms with Gasteiger partial charge in [-0.15, -0.1) is 11.8 Å². The first-order chi connectivity index (χ1) is 13.1. The van der Waals surface area contributed by atoms with Crippen LogP contribution in [0.4, 0.5) is 5.69 Å². The number of amides is 1. The first kappa shape index (κ1) is 22.3. The third kappa shape index (κ3) is 5.73. The number of methoxy groups -OCH3 is 1. The Morgan fingerprint density at radius 1 is 1.11 bits per heavy atom. The van der Waals surface area contributed by atoms with E-state index in [-0.39, 0.29) is 16.6 Å². The van der Waals surface area contributed by atoms with Crippen LogP contribution < -0.4 is 10.1 Å². The van der Waals surface area contributed by atoms with Crippen molar-refractivity contribution in [1.82, 2.24) is 4.31 Å². The Kier molecular flexibility index (Phi) is 7.51. The zero-order valence-corrected chi connectivity index (χ0v) is 18.4. The molecular weight excluding hydrogens is 396 g/mol. The Hall–Kier alpha value is -2.03. The highest BCUT2D eigenvalue weighted by molar-refractivity contribution is 7.99. The molecule has 0 aromatic heterocycles. The summed E-state index contributed by atoms with van der Waals surface area (Å²) in [5.41, 5.74) is 3.90. The Labute approximate surface area is 171 Å². The van der Waals surface area contributed by atoms with Crippen molar-refractivity contribution in [1.29, 1.82) is 0 Å². The van der Waals surface area contributed by atoms with E-state index in [0.717, 1.165) is 10.1 Å². The van der Waals surface area contributed by atoms with Gasteiger partial charge >= 0.3 is 0 Å². The number of thioether (sulfide) groups is 1. The Morgan fingerprint density at radius 2 is 1.75 bits per heavy atom. The minimum Gasteiger partial charge on any atom is -0.495 e. The molecule has 28 heavy (non-hydrogen) atoms. The summed E-state index contributed by atoms with van der Waals surface area (Å²) in [6.45, 7) is 4.10. The van der Waals surface area contributed by atoms with Crippen LogP contribution in [0.3, 0.4) is 0 Å². The molecule has 0 aliphatic carbocycles. The fourth-order valence-corrected chi connectivity index (χ4v) is 4.45. The van der Waals surface area contributed by atoms with Crippen LogP contribution in [0, 0.1) is 13.8 Å². The summed E-state index contributed by atoms with van der Waals surface area (Å²) < 4.78 is 31.0. The van der Waals surface area contributed by atoms with Crippen molar-refractivity contribution in [3.05, 3.63) is 53.1 Å². The zero-order chi connectivity index (χ0) is 20.9. The number of hydrogen-bond donors (Lipinski definition) is 1. The number of anilines is 1. The maximum Gasteiger partial charge on any atom is 0.242 e. The van der Waals surface area contributed by atoms with E-state index in [1.807, 2.05) is 0 Å². The first-order valence-electron chi connectivity index (χ1n) is 8.69. The van der Waals surface area contributed by atoms with Crippen LogP contribution in [-0.2, 0) is 20.6 Å². The molecule has 1 N–H and O–H groups in total. The average molecular weight is 423 g/mol. The van der Waals surface area contributed by atoms with E-state index in [0.29, 0.717) is 11.4 Å². The number of rotatable bonds is 8. The zero-order valence-electron chi connectivity index (χ0n) is 16.8. The smallest absolute Gasteiger partial charge is 0.242 e. The molecule has 2 rings (SSSR count). The number of aryl methyl sites for hydroxylation is 2. The van der Waals surface area contributed by atoms with E-state index >= 15 is 0 Å². The third-order valence-corrected chi connectivity index (χ3v) is 6.82. The normalized spacial score (nSPS) is 11.5. The van der Waals surface area contributed by atoms with Crippen molar-refractivity contribution >= 4 is 33.4 Å². The molecule has 0 bridgehead atoms. The van der Waals surface area contributed by atoms with E-state index in [1.54, 1.807) is 0 Å². The number of ether oxygens (including phenoxy) is 1. The predicted molar refractivity (Wildman–Crippen MR) is 115 cm³/mol. The van der Waals surface area contributed by atoms with Crippen LogP contribution in [-0.4, -0.2) is 45.6 Å². The molecule has 6 nitrogen and oxygen atoms in total. The molecule has 0 aliphatic rings. The molecule has 0 atom stereocenters. The quantitative estimate of drug-likeness (QED) is 0.705. The van der Waals surface area contributed by atoms with Crippen LogP contribution in [0.25, 0.3) is 0 Å². The van der Waals surface area contributed by atoms with Crippen LogP contribution in [0.15, 0.2) is 41.3 Å². The van der Waals surface area contributed by atoms with Crippen molar-refractivity contribution in [2.75, 3.05) is 32.3 Å². The van der Waals surface area contributed by atoms with Gasteiger partial charge < -0.3 is 10.1 Å². The van der Waals surface area contributed by atoms with E-state index in [9.17, 15) is 13.2 Å². The van der Waals surface area contributed by atoms with Crippen molar-refractivity contribution in [2.45, 2.75) is 24.5 Å². The Morgan fingerprint density at radius 3 is 2.32 bits per heavy atom. The highest BCUT2D eigenvalue weighted by Gasteiger charge is 2.19. The van der Waals surface area contributed by atoms with Crippen molar-refractivity contribution < 1.29 is 17.9 Å². The van der Waals surface area contributed by atoms with E-state index in [4.69, 9.17) is 4.74 Å². The van der Waals surface area contributed by atoms with Gasteiger partial charge in [0, 0.05) is 19.8 Å². The fraction of sp³-hybridized carbons (Fsp3) is 0.350. The SMILES string of the molecule is COc1ccc(S(=O)(=O)N(C)C)cc1NC(=O)CSCc1cc(C)cc(C)c1. The molecule has 0 aliphatic heterocycles. The topological polar surface area (TPSA) is 75.7 Å². The van der Waals surface area contributed by atoms with Crippen molar-refractivity contribution in [3.63, 3.8) is 0 Å². The lowest BCUT2D eigenvalue weighted by atomic mass is 10.1. The lowest BCUT2D eigenvalue weighted by Crippen LogP contribution is -2.22. The van der Waals surface area contributed by atoms with Gasteiger partial charge in [-0.1, -0.05) is 29.3 Å². The monoisotopic (exact) mass is 422 g/mol. The minimum absolute atomic E-state index is 0.0940. The number of nitrogens with one attached hydrogen (secondary N) is 1. The Balaban J connectivity index is 2.06. The first-order valence-corrected chi connectivity index (χ1v) is 11.3. The molecule has 0 saturated heterocycles. The van der Waals surface area contributed by atoms with Gasteiger partial charge in [-0.2, -0.15) is 0 Å². The summed E-state index contributed by atoms with van der Waals surface area (Å²) in [5.74, 6) is 1.17. The highest BCUT2D eigenvalue weighted by Crippen LogP contribution is 2.28. The number of sulfonamides is 1. The van der Waals surface area contributed by atoms with Gasteiger partial charge in [0.1, 0.15) is 5.75 Å². The second-order valence-corrected chi connectivity index (χ2v) is 9.82. The van der Waals surface area contributed by atoms with Gasteiger partial charge in [-0.3, -0.25) is 4.79 Å². The molecule has 8 heteroatoms. The van der Waals surface area contributed by atoms with E-state index in [2.05, 4.69) is 37.4 Å². The second kappa shape index (κ2) is 9.45. The molecule has 2 aromatic rings. The highest BCUT2D eigenvalue weighted by atomic mass is 32.2. The summed E-state index contributed by atoms with van der Waals surface area (Å²) in [4.78, 5) is 12.4. The predicted octanol–water partition coefficient (Wildman–Crippen LogP) is 3.43.